The van der Waals surface area contributed by atoms with E-state index in [0.29, 0.717) is 11.3 Å². The molecule has 63 valence electrons. The van der Waals surface area contributed by atoms with Crippen molar-refractivity contribution >= 4 is 11.5 Å². The number of nitrogens with two attached hydrogens (primary N) is 1. The molecule has 0 amide bonds. The first-order valence-electron chi connectivity index (χ1n) is 3.75. The van der Waals surface area contributed by atoms with Crippen molar-refractivity contribution in [1.82, 2.24) is 0 Å². The summed E-state index contributed by atoms with van der Waals surface area (Å²) in [6.45, 7) is 7.20. The predicted molar refractivity (Wildman–Crippen MR) is 50.1 cm³/mol. The second-order valence-electron chi connectivity index (χ2n) is 2.92. The molecule has 0 aliphatic carbocycles. The van der Waals surface area contributed by atoms with Crippen LogP contribution in [0.4, 0.5) is 5.69 Å². The van der Waals surface area contributed by atoms with Crippen molar-refractivity contribution in [2.45, 2.75) is 13.8 Å². The van der Waals surface area contributed by atoms with Crippen molar-refractivity contribution in [2.24, 2.45) is 0 Å². The average molecular weight is 162 g/mol. The van der Waals surface area contributed by atoms with Gasteiger partial charge in [0.1, 0.15) is 0 Å². The van der Waals surface area contributed by atoms with Gasteiger partial charge in [-0.1, -0.05) is 0 Å². The van der Waals surface area contributed by atoms with E-state index in [1.165, 1.54) is 6.92 Å². The Labute approximate surface area is 72.4 Å². The molecule has 0 bridgehead atoms. The molecule has 0 unspecified atom stereocenters. The van der Waals surface area contributed by atoms with Crippen LogP contribution in [0.2, 0.25) is 0 Å². The molecule has 0 fully saturated rings. The van der Waals surface area contributed by atoms with Crippen molar-refractivity contribution in [2.75, 3.05) is 5.73 Å². The molecule has 0 atom stereocenters. The van der Waals surface area contributed by atoms with Gasteiger partial charge in [0, 0.05) is 11.3 Å². The number of carbonyl (C=O) groups excluding carboxylic acids is 1. The van der Waals surface area contributed by atoms with Crippen molar-refractivity contribution in [3.05, 3.63) is 35.7 Å². The third-order valence-corrected chi connectivity index (χ3v) is 1.91. The molecule has 1 radical (unpaired) electrons. The number of benzene rings is 1. The molecule has 1 aromatic rings. The molecule has 0 aliphatic heterocycles. The number of anilines is 1. The minimum absolute atomic E-state index is 0.0322. The molecule has 0 saturated heterocycles. The van der Waals surface area contributed by atoms with Gasteiger partial charge in [-0.25, -0.2) is 0 Å². The van der Waals surface area contributed by atoms with Gasteiger partial charge in [0.15, 0.2) is 5.78 Å². The molecule has 1 rings (SSSR count). The molecule has 1 aromatic carbocycles. The third-order valence-electron chi connectivity index (χ3n) is 1.91. The lowest BCUT2D eigenvalue weighted by atomic mass is 10.0. The van der Waals surface area contributed by atoms with Gasteiger partial charge in [0.2, 0.25) is 0 Å². The zero-order chi connectivity index (χ0) is 9.30. The largest absolute Gasteiger partial charge is 0.398 e. The van der Waals surface area contributed by atoms with E-state index >= 15 is 0 Å². The zero-order valence-electron chi connectivity index (χ0n) is 7.35. The Kier molecular flexibility index (Phi) is 2.18. The van der Waals surface area contributed by atoms with Crippen LogP contribution in [0.3, 0.4) is 0 Å². The summed E-state index contributed by atoms with van der Waals surface area (Å²) in [6, 6.07) is 3.47. The maximum atomic E-state index is 11.0. The van der Waals surface area contributed by atoms with Crippen LogP contribution in [0.5, 0.6) is 0 Å². The minimum Gasteiger partial charge on any atom is -0.398 e. The Morgan fingerprint density at radius 1 is 1.50 bits per heavy atom. The Morgan fingerprint density at radius 2 is 2.08 bits per heavy atom. The monoisotopic (exact) mass is 162 g/mol. The molecule has 0 aromatic heterocycles. The smallest absolute Gasteiger partial charge is 0.159 e. The highest BCUT2D eigenvalue weighted by atomic mass is 16.1. The molecule has 2 nitrogen and oxygen atoms in total. The number of Topliss-reactive ketones (excluding diaryl/α,β-unsaturated/α-hetero) is 1. The van der Waals surface area contributed by atoms with Crippen LogP contribution in [0.25, 0.3) is 0 Å². The fourth-order valence-electron chi connectivity index (χ4n) is 1.05. The first-order chi connectivity index (χ1) is 5.52. The summed E-state index contributed by atoms with van der Waals surface area (Å²) in [4.78, 5) is 11.0. The molecule has 0 spiro atoms. The molecule has 0 aliphatic rings. The summed E-state index contributed by atoms with van der Waals surface area (Å²) in [5, 5.41) is 0. The lowest BCUT2D eigenvalue weighted by Crippen LogP contribution is -1.98. The summed E-state index contributed by atoms with van der Waals surface area (Å²) in [7, 11) is 0. The summed E-state index contributed by atoms with van der Waals surface area (Å²) in [5.74, 6) is 0.0322. The lowest BCUT2D eigenvalue weighted by Gasteiger charge is -2.05. The van der Waals surface area contributed by atoms with Crippen LogP contribution in [0.15, 0.2) is 12.1 Å². The Morgan fingerprint density at radius 3 is 2.50 bits per heavy atom. The fourth-order valence-corrected chi connectivity index (χ4v) is 1.05. The first-order valence-corrected chi connectivity index (χ1v) is 3.75. The fraction of sp³-hybridized carbons (Fsp3) is 0.200. The van der Waals surface area contributed by atoms with Gasteiger partial charge >= 0.3 is 0 Å². The predicted octanol–water partition coefficient (Wildman–Crippen LogP) is 1.96. The van der Waals surface area contributed by atoms with E-state index in [1.54, 1.807) is 12.1 Å². The number of ketones is 1. The van der Waals surface area contributed by atoms with E-state index in [0.717, 1.165) is 11.1 Å². The van der Waals surface area contributed by atoms with Crippen LogP contribution in [-0.2, 0) is 0 Å². The van der Waals surface area contributed by atoms with E-state index in [4.69, 9.17) is 5.73 Å². The molecule has 2 N–H and O–H groups in total. The van der Waals surface area contributed by atoms with E-state index < -0.39 is 0 Å². The van der Waals surface area contributed by atoms with Crippen molar-refractivity contribution in [3.8, 4) is 0 Å². The first kappa shape index (κ1) is 8.78. The molecule has 2 heteroatoms. The molecule has 0 saturated carbocycles. The van der Waals surface area contributed by atoms with Gasteiger partial charge in [-0.2, -0.15) is 0 Å². The van der Waals surface area contributed by atoms with E-state index in [2.05, 4.69) is 6.92 Å². The van der Waals surface area contributed by atoms with Gasteiger partial charge in [0.25, 0.3) is 0 Å². The SMILES string of the molecule is [CH2]c1c(C)cc(C(C)=O)cc1N. The van der Waals surface area contributed by atoms with Gasteiger partial charge in [-0.3, -0.25) is 4.79 Å². The van der Waals surface area contributed by atoms with Crippen LogP contribution >= 0.6 is 0 Å². The van der Waals surface area contributed by atoms with E-state index in [1.807, 2.05) is 6.92 Å². The molecule has 12 heavy (non-hydrogen) atoms. The molecular weight excluding hydrogens is 150 g/mol. The summed E-state index contributed by atoms with van der Waals surface area (Å²) in [6.07, 6.45) is 0. The summed E-state index contributed by atoms with van der Waals surface area (Å²) in [5.41, 5.74) is 8.64. The molecular formula is C10H12NO. The summed E-state index contributed by atoms with van der Waals surface area (Å²) >= 11 is 0. The minimum atomic E-state index is 0.0322. The standard InChI is InChI=1S/C10H12NO/c1-6-4-9(8(3)12)5-10(11)7(6)2/h4-5H,2,11H2,1,3H3. The highest BCUT2D eigenvalue weighted by molar-refractivity contribution is 5.95. The van der Waals surface area contributed by atoms with Crippen LogP contribution < -0.4 is 5.73 Å². The average Bonchev–Trinajstić information content (AvgIpc) is 1.99. The van der Waals surface area contributed by atoms with Crippen molar-refractivity contribution < 1.29 is 4.79 Å². The number of aryl methyl sites for hydroxylation is 1. The van der Waals surface area contributed by atoms with Crippen LogP contribution in [-0.4, -0.2) is 5.78 Å². The number of nitrogen functional groups attached to an aromatic ring is 1. The summed E-state index contributed by atoms with van der Waals surface area (Å²) < 4.78 is 0. The second-order valence-corrected chi connectivity index (χ2v) is 2.92. The number of rotatable bonds is 1. The van der Waals surface area contributed by atoms with Gasteiger partial charge in [-0.05, 0) is 44.0 Å². The van der Waals surface area contributed by atoms with Crippen LogP contribution in [0.1, 0.15) is 28.4 Å². The van der Waals surface area contributed by atoms with Gasteiger partial charge < -0.3 is 5.73 Å². The highest BCUT2D eigenvalue weighted by Crippen LogP contribution is 2.18. The number of hydrogen-bond donors (Lipinski definition) is 1. The highest BCUT2D eigenvalue weighted by Gasteiger charge is 2.04. The Bertz CT molecular complexity index is 306. The van der Waals surface area contributed by atoms with E-state index in [-0.39, 0.29) is 5.78 Å². The van der Waals surface area contributed by atoms with E-state index in [9.17, 15) is 4.79 Å². The lowest BCUT2D eigenvalue weighted by molar-refractivity contribution is 0.101. The van der Waals surface area contributed by atoms with Gasteiger partial charge in [0.05, 0.1) is 0 Å². The van der Waals surface area contributed by atoms with Crippen LogP contribution in [0, 0.1) is 13.8 Å². The normalized spacial score (nSPS) is 9.92. The second kappa shape index (κ2) is 2.97. The maximum absolute atomic E-state index is 11.0. The van der Waals surface area contributed by atoms with Crippen molar-refractivity contribution in [3.63, 3.8) is 0 Å². The van der Waals surface area contributed by atoms with Gasteiger partial charge in [-0.15, -0.1) is 0 Å². The third kappa shape index (κ3) is 1.47. The topological polar surface area (TPSA) is 43.1 Å². The number of hydrogen-bond acceptors (Lipinski definition) is 2. The quantitative estimate of drug-likeness (QED) is 0.506. The number of carbonyl (C=O) groups is 1. The Hall–Kier alpha value is -1.31. The Balaban J connectivity index is 3.31. The molecule has 0 heterocycles. The zero-order valence-corrected chi connectivity index (χ0v) is 7.35. The van der Waals surface area contributed by atoms with Crippen molar-refractivity contribution in [1.29, 1.82) is 0 Å². The maximum Gasteiger partial charge on any atom is 0.159 e.